The zero-order chi connectivity index (χ0) is 102. The van der Waals surface area contributed by atoms with E-state index in [1.54, 1.807) is 30.5 Å². The fourth-order valence-corrected chi connectivity index (χ4v) is 13.6. The monoisotopic (exact) mass is 1920 g/mol. The molecule has 4 unspecified atom stereocenters. The van der Waals surface area contributed by atoms with Crippen LogP contribution in [0.3, 0.4) is 0 Å². The summed E-state index contributed by atoms with van der Waals surface area (Å²) in [7, 11) is 8.52. The van der Waals surface area contributed by atoms with Crippen LogP contribution in [0.25, 0.3) is 10.9 Å². The van der Waals surface area contributed by atoms with E-state index in [0.29, 0.717) is 49.6 Å². The van der Waals surface area contributed by atoms with Crippen molar-refractivity contribution in [3.63, 3.8) is 0 Å². The Hall–Kier alpha value is -13.9. The van der Waals surface area contributed by atoms with Gasteiger partial charge < -0.3 is 112 Å². The number of unbranched alkanes of at least 4 members (excludes halogenated alkanes) is 6. The van der Waals surface area contributed by atoms with Crippen LogP contribution in [-0.4, -0.2) is 327 Å². The number of amides is 19. The Balaban J connectivity index is 2.04. The summed E-state index contributed by atoms with van der Waals surface area (Å²) in [6.07, 6.45) is -1.80. The smallest absolute Gasteiger partial charge is 0.329 e. The summed E-state index contributed by atoms with van der Waals surface area (Å²) in [4.78, 5) is 337. The number of rotatable bonds is 41. The van der Waals surface area contributed by atoms with Crippen LogP contribution in [0, 0.1) is 11.8 Å². The van der Waals surface area contributed by atoms with Gasteiger partial charge in [0, 0.05) is 75.8 Å². The molecule has 0 saturated carbocycles. The Kier molecular flexibility index (Phi) is 48.5. The summed E-state index contributed by atoms with van der Waals surface area (Å²) in [5.41, 5.74) is 18.4. The van der Waals surface area contributed by atoms with E-state index in [1.165, 1.54) is 24.3 Å². The average molecular weight is 1920 g/mol. The normalized spacial score (nSPS) is 20.7. The van der Waals surface area contributed by atoms with Crippen molar-refractivity contribution < 1.29 is 140 Å². The van der Waals surface area contributed by atoms with Crippen LogP contribution in [0.4, 0.5) is 5.69 Å². The lowest BCUT2D eigenvalue weighted by Gasteiger charge is -2.31. The minimum absolute atomic E-state index is 0.0261. The molecule has 0 aliphatic carbocycles. The Morgan fingerprint density at radius 1 is 0.529 bits per heavy atom. The molecule has 2 heterocycles. The van der Waals surface area contributed by atoms with Crippen LogP contribution in [-0.2, 0) is 131 Å². The number of benzene rings is 2. The second-order valence-corrected chi connectivity index (χ2v) is 32.1. The highest BCUT2D eigenvalue weighted by molar-refractivity contribution is 6.06. The van der Waals surface area contributed by atoms with E-state index in [2.05, 4.69) is 86.3 Å². The zero-order valence-electron chi connectivity index (χ0n) is 78.1. The quantitative estimate of drug-likeness (QED) is 0.00825. The van der Waals surface area contributed by atoms with Crippen LogP contribution in [0.1, 0.15) is 153 Å². The molecule has 4 rings (SSSR count). The average Bonchev–Trinajstić information content (AvgIpc) is 1.63. The summed E-state index contributed by atoms with van der Waals surface area (Å²) in [5.74, 6) is -31.8. The number of aliphatic hydroxyl groups excluding tert-OH is 1. The molecule has 51 heteroatoms. The number of H-pyrrole nitrogens is 1. The number of carbonyl (C=O) groups is 22. The van der Waals surface area contributed by atoms with E-state index in [9.17, 15) is 91.7 Å². The number of nitrogen functional groups attached to an aromatic ring is 1. The molecule has 0 spiro atoms. The Bertz CT molecular complexity index is 4730. The van der Waals surface area contributed by atoms with Crippen molar-refractivity contribution in [1.82, 2.24) is 99.7 Å². The molecule has 0 bridgehead atoms. The number of carbonyl (C=O) groups excluding carboxylic acids is 21. The third kappa shape index (κ3) is 37.2. The predicted octanol–water partition coefficient (Wildman–Crippen LogP) is -6.68. The summed E-state index contributed by atoms with van der Waals surface area (Å²) in [6.45, 7) is 2.24. The fourth-order valence-electron chi connectivity index (χ4n) is 13.6. The van der Waals surface area contributed by atoms with Gasteiger partial charge in [0.2, 0.25) is 106 Å². The molecule has 0 radical (unpaired) electrons. The lowest BCUT2D eigenvalue weighted by molar-refractivity contribution is -0.174. The number of primary amides is 1. The van der Waals surface area contributed by atoms with Crippen molar-refractivity contribution in [1.29, 1.82) is 0 Å². The van der Waals surface area contributed by atoms with Crippen LogP contribution in [0.15, 0.2) is 54.7 Å². The molecule has 2 aromatic carbocycles. The van der Waals surface area contributed by atoms with Crippen molar-refractivity contribution in [3.05, 3.63) is 65.9 Å². The number of ether oxygens (including phenoxy) is 1. The first-order valence-corrected chi connectivity index (χ1v) is 43.6. The number of aliphatic carboxylic acids is 1. The first-order chi connectivity index (χ1) is 64.3. The van der Waals surface area contributed by atoms with Gasteiger partial charge in [-0.25, -0.2) is 25.0 Å². The summed E-state index contributed by atoms with van der Waals surface area (Å²) in [6, 6.07) is -12.8. The maximum atomic E-state index is 15.4. The number of cyclic esters (lactones) is 1. The number of para-hydroxylation sites is 2. The number of carboxylic acids is 1. The van der Waals surface area contributed by atoms with Gasteiger partial charge in [0.25, 0.3) is 5.91 Å². The van der Waals surface area contributed by atoms with Gasteiger partial charge in [0.15, 0.2) is 5.78 Å². The SMILES string of the molecule is CCCCCCCCCC(=O)N[C@@H](Cc1c[nH]c2ccccc12)C(=O)N[C@H](CC(N)=O)C(=O)N[C@@H](CC(=O)N(C)OC)C(=O)NC1C(=O)NCC(=O)N[C@@H](CCCN)C(=O)NC(CC(=O)N(C)OC)C(=O)N[C@H](C)C(=O)N[C@@H](CC(=O)N(C)OC)C(=O)NCC(=O)N[C@H](CO)C(=O)NC([C@@H](C)C(=O)N(C)OC)C(=O)N[C@@H]([C@H](C)CC(=O)O)C(=O)NC(CC(=O)c2ccccc2N)C(=O)O[C@@H]1C. The molecule has 23 N–H and O–H groups in total. The van der Waals surface area contributed by atoms with Crippen molar-refractivity contribution in [2.45, 2.75) is 222 Å². The molecule has 3 aromatic rings. The molecule has 1 aliphatic heterocycles. The Morgan fingerprint density at radius 2 is 1.04 bits per heavy atom. The van der Waals surface area contributed by atoms with E-state index in [4.69, 9.17) is 41.3 Å². The number of hydroxylamine groups is 8. The van der Waals surface area contributed by atoms with Crippen molar-refractivity contribution >= 4 is 147 Å². The standard InChI is InChI=1S/C85H128N22O29/c1-14-15-16-17-18-19-20-31-63(111)94-54(34-48-40-89-52-29-24-22-26-49(48)52)77(123)97-55(36-62(88)110)78(124)99-58(39-68(116)106(8)134-12)79(125)103-72-47(5)136-85(131)59(35-61(109)50-27-21-23-28-51(50)87)100-82(128)70(44(2)33-69(117)118)101-83(129)71(45(3)84(130)107(9)135-13)102-80(126)60(43-108)95-65(113)41-90-74(120)56(37-66(114)104(6)132-10)96-73(119)46(4)92-76(122)57(38-67(115)105(7)133-11)98-75(121)53(30-25-32-86)93-64(112)42-91-81(72)127/h21-24,26-29,40,44-47,53-60,70-72,89,108H,14-20,25,30-39,41-43,86-87H2,1-13H3,(H2,88,110)(H,90,120)(H,91,127)(H,92,122)(H,93,112)(H,94,111)(H,95,113)(H,96,119)(H,97,123)(H,98,121)(H,99,124)(H,100,128)(H,101,129)(H,102,126)(H,103,125)(H,117,118)/t44-,45-,46-,47-,53+,54+,55-,56+,57?,58+,59?,60-,70+,71?,72?/m1/s1. The van der Waals surface area contributed by atoms with Gasteiger partial charge in [-0.3, -0.25) is 120 Å². The lowest BCUT2D eigenvalue weighted by Crippen LogP contribution is -2.63. The first kappa shape index (κ1) is 114. The van der Waals surface area contributed by atoms with Crippen molar-refractivity contribution in [2.24, 2.45) is 23.3 Å². The number of aromatic amines is 1. The highest BCUT2D eigenvalue weighted by Crippen LogP contribution is 2.23. The minimum Gasteiger partial charge on any atom is -0.481 e. The Labute approximate surface area is 783 Å². The maximum Gasteiger partial charge on any atom is 0.329 e. The number of ketones is 1. The second-order valence-electron chi connectivity index (χ2n) is 32.1. The van der Waals surface area contributed by atoms with Gasteiger partial charge >= 0.3 is 11.9 Å². The van der Waals surface area contributed by atoms with E-state index >= 15 is 24.0 Å². The lowest BCUT2D eigenvalue weighted by atomic mass is 9.94. The van der Waals surface area contributed by atoms with Crippen molar-refractivity contribution in [3.8, 4) is 0 Å². The molecular weight excluding hydrogens is 1790 g/mol. The highest BCUT2D eigenvalue weighted by Gasteiger charge is 2.44. The minimum atomic E-state index is -2.48. The topological polar surface area (TPSA) is 737 Å². The molecule has 1 fully saturated rings. The largest absolute Gasteiger partial charge is 0.481 e. The summed E-state index contributed by atoms with van der Waals surface area (Å²) < 4.78 is 5.86. The number of hydrogen-bond acceptors (Lipinski definition) is 30. The van der Waals surface area contributed by atoms with Crippen LogP contribution < -0.4 is 91.6 Å². The molecule has 1 aliphatic rings. The number of nitrogens with two attached hydrogens (primary N) is 3. The third-order valence-electron chi connectivity index (χ3n) is 21.8. The Morgan fingerprint density at radius 3 is 1.62 bits per heavy atom. The van der Waals surface area contributed by atoms with Crippen LogP contribution >= 0.6 is 0 Å². The molecule has 15 atom stereocenters. The number of carboxylic acid groups (broad SMARTS) is 1. The summed E-state index contributed by atoms with van der Waals surface area (Å²) >= 11 is 0. The van der Waals surface area contributed by atoms with Gasteiger partial charge in [-0.15, -0.1) is 0 Å². The van der Waals surface area contributed by atoms with Gasteiger partial charge in [-0.05, 0) is 69.3 Å². The van der Waals surface area contributed by atoms with E-state index in [0.717, 1.165) is 116 Å². The number of aromatic nitrogens is 1. The van der Waals surface area contributed by atoms with Crippen LogP contribution in [0.2, 0.25) is 0 Å². The molecule has 136 heavy (non-hydrogen) atoms. The molecule has 19 amide bonds. The summed E-state index contributed by atoms with van der Waals surface area (Å²) in [5, 5.41) is 55.8. The van der Waals surface area contributed by atoms with Gasteiger partial charge in [0.05, 0.1) is 86.2 Å². The number of nitrogens with zero attached hydrogens (tertiary/aromatic N) is 4. The highest BCUT2D eigenvalue weighted by atomic mass is 16.7. The number of aliphatic hydroxyl groups is 1. The molecule has 1 aromatic heterocycles. The molecular formula is C85H128N22O29. The van der Waals surface area contributed by atoms with E-state index < -0.39 is 285 Å². The molecule has 51 nitrogen and oxygen atoms in total. The van der Waals surface area contributed by atoms with Gasteiger partial charge in [0.1, 0.15) is 78.6 Å². The molecule has 752 valence electrons. The molecule has 1 saturated heterocycles. The van der Waals surface area contributed by atoms with Gasteiger partial charge in [-0.2, -0.15) is 0 Å². The first-order valence-electron chi connectivity index (χ1n) is 43.6. The third-order valence-corrected chi connectivity index (χ3v) is 21.8. The maximum absolute atomic E-state index is 15.4. The number of Topliss-reactive ketones (excluding diaryl/α,β-unsaturated/α-hetero) is 1. The van der Waals surface area contributed by atoms with Gasteiger partial charge in [-0.1, -0.05) is 89.6 Å². The van der Waals surface area contributed by atoms with Crippen LogP contribution in [0.5, 0.6) is 0 Å². The number of fused-ring (bicyclic) bond motifs is 1. The number of hydrogen-bond donors (Lipinski definition) is 20. The number of anilines is 1. The predicted molar refractivity (Wildman–Crippen MR) is 478 cm³/mol. The second kappa shape index (κ2) is 57.6. The van der Waals surface area contributed by atoms with E-state index in [-0.39, 0.29) is 37.1 Å². The van der Waals surface area contributed by atoms with E-state index in [1.807, 2.05) is 0 Å². The number of esters is 1. The van der Waals surface area contributed by atoms with Crippen molar-refractivity contribution in [2.75, 3.05) is 88.6 Å². The fraction of sp³-hybridized carbons (Fsp3) is 0.576. The number of nitrogens with one attached hydrogen (secondary N) is 15. The zero-order valence-corrected chi connectivity index (χ0v) is 78.1.